The molecule has 21 heavy (non-hydrogen) atoms. The van der Waals surface area contributed by atoms with Crippen LogP contribution < -0.4 is 5.32 Å². The number of fused-ring (bicyclic) bond motifs is 1. The summed E-state index contributed by atoms with van der Waals surface area (Å²) >= 11 is 0. The molecule has 0 atom stereocenters. The second-order valence-corrected chi connectivity index (χ2v) is 5.67. The first-order valence-electron chi connectivity index (χ1n) is 7.28. The Kier molecular flexibility index (Phi) is 4.77. The number of carboxylic acid groups (broad SMARTS) is 1. The number of anilines is 1. The van der Waals surface area contributed by atoms with Gasteiger partial charge in [-0.1, -0.05) is 26.7 Å². The molecule has 6 heteroatoms. The zero-order valence-corrected chi connectivity index (χ0v) is 12.8. The van der Waals surface area contributed by atoms with Crippen LogP contribution in [0.25, 0.3) is 11.0 Å². The zero-order chi connectivity index (χ0) is 15.4. The van der Waals surface area contributed by atoms with Gasteiger partial charge in [-0.2, -0.15) is 5.10 Å². The highest BCUT2D eigenvalue weighted by Crippen LogP contribution is 2.25. The highest BCUT2D eigenvalue weighted by molar-refractivity contribution is 6.03. The van der Waals surface area contributed by atoms with Crippen molar-refractivity contribution in [2.75, 3.05) is 11.9 Å². The molecule has 0 saturated carbocycles. The average molecular weight is 290 g/mol. The van der Waals surface area contributed by atoms with Crippen molar-refractivity contribution in [3.05, 3.63) is 18.0 Å². The summed E-state index contributed by atoms with van der Waals surface area (Å²) in [6.45, 7) is 5.16. The van der Waals surface area contributed by atoms with Gasteiger partial charge in [-0.25, -0.2) is 9.78 Å². The predicted molar refractivity (Wildman–Crippen MR) is 82.6 cm³/mol. The summed E-state index contributed by atoms with van der Waals surface area (Å²) in [5.41, 5.74) is 1.49. The Labute approximate surface area is 124 Å². The molecule has 2 aromatic rings. The molecule has 2 N–H and O–H groups in total. The van der Waals surface area contributed by atoms with Crippen LogP contribution in [-0.4, -0.2) is 32.4 Å². The van der Waals surface area contributed by atoms with Crippen LogP contribution >= 0.6 is 0 Å². The Morgan fingerprint density at radius 2 is 2.14 bits per heavy atom. The fraction of sp³-hybridized carbons (Fsp3) is 0.533. The van der Waals surface area contributed by atoms with Crippen molar-refractivity contribution in [1.82, 2.24) is 14.8 Å². The zero-order valence-electron chi connectivity index (χ0n) is 12.8. The van der Waals surface area contributed by atoms with Crippen LogP contribution in [0.4, 0.5) is 5.69 Å². The van der Waals surface area contributed by atoms with E-state index in [4.69, 9.17) is 0 Å². The number of unbranched alkanes of at least 4 members (excludes halogenated alkanes) is 1. The van der Waals surface area contributed by atoms with Gasteiger partial charge in [-0.3, -0.25) is 4.68 Å². The van der Waals surface area contributed by atoms with Gasteiger partial charge in [-0.05, 0) is 12.3 Å². The van der Waals surface area contributed by atoms with E-state index in [0.717, 1.165) is 24.8 Å². The SMILES string of the molecule is CC(C)CCCCNc1c(C(=O)O)cnc2c1cnn2C. The van der Waals surface area contributed by atoms with Crippen LogP contribution in [0.2, 0.25) is 0 Å². The third-order valence-corrected chi connectivity index (χ3v) is 3.50. The van der Waals surface area contributed by atoms with Crippen LogP contribution in [0.1, 0.15) is 43.5 Å². The Morgan fingerprint density at radius 1 is 1.38 bits per heavy atom. The molecule has 0 fully saturated rings. The summed E-state index contributed by atoms with van der Waals surface area (Å²) in [4.78, 5) is 15.5. The number of nitrogens with zero attached hydrogens (tertiary/aromatic N) is 3. The van der Waals surface area contributed by atoms with Crippen LogP contribution in [0.5, 0.6) is 0 Å². The Bertz CT molecular complexity index is 634. The summed E-state index contributed by atoms with van der Waals surface area (Å²) in [5.74, 6) is -0.275. The number of carbonyl (C=O) groups is 1. The number of hydrogen-bond acceptors (Lipinski definition) is 4. The van der Waals surface area contributed by atoms with E-state index in [1.807, 2.05) is 0 Å². The number of nitrogens with one attached hydrogen (secondary N) is 1. The van der Waals surface area contributed by atoms with Crippen molar-refractivity contribution in [3.8, 4) is 0 Å². The Hall–Kier alpha value is -2.11. The number of pyridine rings is 1. The van der Waals surface area contributed by atoms with Crippen molar-refractivity contribution >= 4 is 22.7 Å². The monoisotopic (exact) mass is 290 g/mol. The number of carboxylic acids is 1. The third-order valence-electron chi connectivity index (χ3n) is 3.50. The van der Waals surface area contributed by atoms with Crippen LogP contribution in [-0.2, 0) is 7.05 Å². The molecule has 2 heterocycles. The van der Waals surface area contributed by atoms with Gasteiger partial charge in [0, 0.05) is 19.8 Å². The first kappa shape index (κ1) is 15.3. The topological polar surface area (TPSA) is 80.0 Å². The van der Waals surface area contributed by atoms with Crippen molar-refractivity contribution in [1.29, 1.82) is 0 Å². The molecule has 0 spiro atoms. The van der Waals surface area contributed by atoms with Gasteiger partial charge in [0.25, 0.3) is 0 Å². The lowest BCUT2D eigenvalue weighted by Crippen LogP contribution is -2.09. The maximum atomic E-state index is 11.3. The minimum atomic E-state index is -0.974. The van der Waals surface area contributed by atoms with Crippen molar-refractivity contribution in [2.24, 2.45) is 13.0 Å². The van der Waals surface area contributed by atoms with E-state index in [-0.39, 0.29) is 5.56 Å². The second kappa shape index (κ2) is 6.56. The summed E-state index contributed by atoms with van der Waals surface area (Å²) in [6, 6.07) is 0. The molecule has 0 bridgehead atoms. The van der Waals surface area contributed by atoms with Crippen molar-refractivity contribution < 1.29 is 9.90 Å². The molecule has 6 nitrogen and oxygen atoms in total. The number of aromatic carboxylic acids is 1. The number of rotatable bonds is 7. The van der Waals surface area contributed by atoms with Gasteiger partial charge < -0.3 is 10.4 Å². The van der Waals surface area contributed by atoms with Gasteiger partial charge >= 0.3 is 5.97 Å². The highest BCUT2D eigenvalue weighted by atomic mass is 16.4. The van der Waals surface area contributed by atoms with E-state index in [1.54, 1.807) is 17.9 Å². The van der Waals surface area contributed by atoms with Crippen LogP contribution in [0.3, 0.4) is 0 Å². The first-order valence-corrected chi connectivity index (χ1v) is 7.28. The maximum absolute atomic E-state index is 11.3. The second-order valence-electron chi connectivity index (χ2n) is 5.67. The number of aromatic nitrogens is 3. The molecule has 0 amide bonds. The van der Waals surface area contributed by atoms with E-state index in [1.165, 1.54) is 12.6 Å². The van der Waals surface area contributed by atoms with E-state index < -0.39 is 5.97 Å². The molecular weight excluding hydrogens is 268 g/mol. The Morgan fingerprint density at radius 3 is 2.81 bits per heavy atom. The highest BCUT2D eigenvalue weighted by Gasteiger charge is 2.16. The van der Waals surface area contributed by atoms with E-state index in [0.29, 0.717) is 17.3 Å². The van der Waals surface area contributed by atoms with Gasteiger partial charge in [-0.15, -0.1) is 0 Å². The fourth-order valence-electron chi connectivity index (χ4n) is 2.34. The minimum absolute atomic E-state index is 0.194. The van der Waals surface area contributed by atoms with Crippen LogP contribution in [0.15, 0.2) is 12.4 Å². The average Bonchev–Trinajstić information content (AvgIpc) is 2.80. The molecular formula is C15H22N4O2. The summed E-state index contributed by atoms with van der Waals surface area (Å²) in [7, 11) is 1.79. The molecule has 0 aliphatic rings. The van der Waals surface area contributed by atoms with Crippen molar-refractivity contribution in [2.45, 2.75) is 33.1 Å². The fourth-order valence-corrected chi connectivity index (χ4v) is 2.34. The number of hydrogen-bond donors (Lipinski definition) is 2. The molecule has 2 rings (SSSR count). The lowest BCUT2D eigenvalue weighted by Gasteiger charge is -2.11. The first-order chi connectivity index (χ1) is 10.0. The minimum Gasteiger partial charge on any atom is -0.478 e. The van der Waals surface area contributed by atoms with E-state index in [9.17, 15) is 9.90 Å². The summed E-state index contributed by atoms with van der Waals surface area (Å²) < 4.78 is 1.64. The van der Waals surface area contributed by atoms with Crippen LogP contribution in [0, 0.1) is 5.92 Å². The summed E-state index contributed by atoms with van der Waals surface area (Å²) in [5, 5.41) is 17.4. The van der Waals surface area contributed by atoms with Gasteiger partial charge in [0.2, 0.25) is 0 Å². The van der Waals surface area contributed by atoms with E-state index >= 15 is 0 Å². The molecule has 0 aliphatic heterocycles. The van der Waals surface area contributed by atoms with Gasteiger partial charge in [0.05, 0.1) is 17.3 Å². The quantitative estimate of drug-likeness (QED) is 0.766. The van der Waals surface area contributed by atoms with E-state index in [2.05, 4.69) is 29.2 Å². The smallest absolute Gasteiger partial charge is 0.339 e. The predicted octanol–water partition coefficient (Wildman–Crippen LogP) is 2.90. The van der Waals surface area contributed by atoms with Gasteiger partial charge in [0.15, 0.2) is 5.65 Å². The molecule has 0 saturated heterocycles. The van der Waals surface area contributed by atoms with Crippen molar-refractivity contribution in [3.63, 3.8) is 0 Å². The lowest BCUT2D eigenvalue weighted by molar-refractivity contribution is 0.0697. The Balaban J connectivity index is 2.16. The molecule has 0 unspecified atom stereocenters. The standard InChI is InChI=1S/C15H22N4O2/c1-10(2)6-4-5-7-16-13-11-9-18-19(3)14(11)17-8-12(13)15(20)21/h8-10H,4-7H2,1-3H3,(H,16,17)(H,20,21). The molecule has 0 aromatic carbocycles. The molecule has 0 aliphatic carbocycles. The lowest BCUT2D eigenvalue weighted by atomic mass is 10.1. The molecule has 0 radical (unpaired) electrons. The largest absolute Gasteiger partial charge is 0.478 e. The maximum Gasteiger partial charge on any atom is 0.339 e. The number of aryl methyl sites for hydroxylation is 1. The van der Waals surface area contributed by atoms with Gasteiger partial charge in [0.1, 0.15) is 5.56 Å². The molecule has 114 valence electrons. The third kappa shape index (κ3) is 3.51. The normalized spacial score (nSPS) is 11.2. The summed E-state index contributed by atoms with van der Waals surface area (Å²) in [6.07, 6.45) is 6.38. The molecule has 2 aromatic heterocycles.